The second kappa shape index (κ2) is 60.9. The molecule has 0 aromatic rings. The van der Waals surface area contributed by atoms with Gasteiger partial charge in [0.2, 0.25) is 0 Å². The maximum Gasteiger partial charge on any atom is 0.306 e. The summed E-state index contributed by atoms with van der Waals surface area (Å²) >= 11 is 0. The number of esters is 3. The lowest BCUT2D eigenvalue weighted by molar-refractivity contribution is -0.167. The quantitative estimate of drug-likeness (QED) is 0.0261. The molecule has 1 atom stereocenters. The van der Waals surface area contributed by atoms with Crippen LogP contribution in [0.25, 0.3) is 0 Å². The summed E-state index contributed by atoms with van der Waals surface area (Å²) in [6.45, 7) is 6.38. The maximum atomic E-state index is 12.8. The smallest absolute Gasteiger partial charge is 0.306 e. The van der Waals surface area contributed by atoms with Crippen molar-refractivity contribution in [2.24, 2.45) is 0 Å². The van der Waals surface area contributed by atoms with Crippen molar-refractivity contribution in [2.45, 2.75) is 297 Å². The molecule has 0 radical (unpaired) electrons. The molecule has 0 N–H and O–H groups in total. The molecule has 0 aliphatic heterocycles. The standard InChI is InChI=1S/C67H114O6/c1-4-7-10-13-16-19-21-23-24-25-26-27-28-29-30-31-32-33-34-35-36-37-38-39-40-41-42-44-45-48-51-54-57-60-66(69)72-63-64(62-71-65(68)59-56-53-50-47-18-15-12-9-6-3)73-67(70)61-58-55-52-49-46-43-22-20-17-14-11-8-5-2/h7-8,10-11,16-17,19-20,23-24,26-27,29-30,43,46,64H,4-6,9,12-15,18,21-22,25,28,31-42,44-45,47-63H2,1-3H3/b10-7-,11-8-,19-16-,20-17-,24-23-,27-26-,30-29-,46-43-. The Kier molecular flexibility index (Phi) is 57.8. The highest BCUT2D eigenvalue weighted by Crippen LogP contribution is 2.16. The van der Waals surface area contributed by atoms with Gasteiger partial charge >= 0.3 is 17.9 Å². The predicted molar refractivity (Wildman–Crippen MR) is 316 cm³/mol. The van der Waals surface area contributed by atoms with E-state index in [0.29, 0.717) is 19.3 Å². The average molecular weight is 1020 g/mol. The van der Waals surface area contributed by atoms with Crippen LogP contribution in [0.4, 0.5) is 0 Å². The summed E-state index contributed by atoms with van der Waals surface area (Å²) in [6.07, 6.45) is 81.6. The molecule has 0 saturated heterocycles. The van der Waals surface area contributed by atoms with Crippen LogP contribution >= 0.6 is 0 Å². The molecular formula is C67H114O6. The highest BCUT2D eigenvalue weighted by Gasteiger charge is 2.19. The van der Waals surface area contributed by atoms with Crippen molar-refractivity contribution in [3.8, 4) is 0 Å². The first kappa shape index (κ1) is 69.3. The molecule has 0 fully saturated rings. The highest BCUT2D eigenvalue weighted by molar-refractivity contribution is 5.71. The minimum atomic E-state index is -0.788. The topological polar surface area (TPSA) is 78.9 Å². The molecule has 0 aliphatic carbocycles. The molecule has 0 aromatic heterocycles. The van der Waals surface area contributed by atoms with Gasteiger partial charge in [0.15, 0.2) is 6.10 Å². The highest BCUT2D eigenvalue weighted by atomic mass is 16.6. The van der Waals surface area contributed by atoms with Gasteiger partial charge in [-0.25, -0.2) is 0 Å². The Morgan fingerprint density at radius 3 is 0.849 bits per heavy atom. The molecule has 1 unspecified atom stereocenters. The average Bonchev–Trinajstić information content (AvgIpc) is 3.39. The van der Waals surface area contributed by atoms with Crippen molar-refractivity contribution in [3.63, 3.8) is 0 Å². The minimum Gasteiger partial charge on any atom is -0.462 e. The third-order valence-corrected chi connectivity index (χ3v) is 13.1. The Hall–Kier alpha value is -3.67. The summed E-state index contributed by atoms with van der Waals surface area (Å²) in [5.74, 6) is -0.912. The Morgan fingerprint density at radius 1 is 0.288 bits per heavy atom. The van der Waals surface area contributed by atoms with Crippen molar-refractivity contribution in [2.75, 3.05) is 13.2 Å². The molecule has 0 heterocycles. The number of unbranched alkanes of at least 4 members (excludes halogenated alkanes) is 28. The fourth-order valence-electron chi connectivity index (χ4n) is 8.54. The summed E-state index contributed by atoms with van der Waals surface area (Å²) in [5.41, 5.74) is 0. The molecule has 0 saturated carbocycles. The minimum absolute atomic E-state index is 0.0856. The number of rotatable bonds is 55. The summed E-state index contributed by atoms with van der Waals surface area (Å²) in [7, 11) is 0. The predicted octanol–water partition coefficient (Wildman–Crippen LogP) is 20.9. The van der Waals surface area contributed by atoms with Crippen LogP contribution in [-0.4, -0.2) is 37.2 Å². The maximum absolute atomic E-state index is 12.8. The SMILES string of the molecule is CC/C=C\C/C=C\C/C=C\C/C=C\C/C=C\CCCCCCCCCCCCCCCCCCCC(=O)OCC(COC(=O)CCCCCCCCCCC)OC(=O)CCCCC/C=C\C/C=C\C/C=C\CC. The molecule has 0 amide bonds. The molecule has 6 nitrogen and oxygen atoms in total. The first-order valence-corrected chi connectivity index (χ1v) is 30.7. The Labute approximate surface area is 451 Å². The molecular weight excluding hydrogens is 901 g/mol. The second-order valence-electron chi connectivity index (χ2n) is 20.2. The molecule has 418 valence electrons. The Balaban J connectivity index is 4.06. The van der Waals surface area contributed by atoms with Crippen LogP contribution < -0.4 is 0 Å². The monoisotopic (exact) mass is 1010 g/mol. The fourth-order valence-corrected chi connectivity index (χ4v) is 8.54. The van der Waals surface area contributed by atoms with Crippen LogP contribution in [0.5, 0.6) is 0 Å². The van der Waals surface area contributed by atoms with Gasteiger partial charge in [-0.1, -0.05) is 272 Å². The largest absolute Gasteiger partial charge is 0.462 e. The lowest BCUT2D eigenvalue weighted by Crippen LogP contribution is -2.30. The number of ether oxygens (including phenoxy) is 3. The zero-order valence-corrected chi connectivity index (χ0v) is 47.9. The molecule has 0 aliphatic rings. The molecule has 73 heavy (non-hydrogen) atoms. The van der Waals surface area contributed by atoms with E-state index >= 15 is 0 Å². The van der Waals surface area contributed by atoms with Crippen LogP contribution in [0, 0.1) is 0 Å². The molecule has 0 aromatic carbocycles. The van der Waals surface area contributed by atoms with E-state index in [4.69, 9.17) is 14.2 Å². The number of carbonyl (C=O) groups is 3. The van der Waals surface area contributed by atoms with Gasteiger partial charge in [0.05, 0.1) is 0 Å². The van der Waals surface area contributed by atoms with Gasteiger partial charge in [0.1, 0.15) is 13.2 Å². The first-order valence-electron chi connectivity index (χ1n) is 30.7. The zero-order chi connectivity index (χ0) is 52.9. The first-order chi connectivity index (χ1) is 36.0. The number of hydrogen-bond donors (Lipinski definition) is 0. The van der Waals surface area contributed by atoms with E-state index in [2.05, 4.69) is 118 Å². The van der Waals surface area contributed by atoms with E-state index in [1.807, 2.05) is 0 Å². The second-order valence-corrected chi connectivity index (χ2v) is 20.2. The van der Waals surface area contributed by atoms with Crippen molar-refractivity contribution in [1.82, 2.24) is 0 Å². The lowest BCUT2D eigenvalue weighted by atomic mass is 10.0. The van der Waals surface area contributed by atoms with E-state index in [9.17, 15) is 14.4 Å². The van der Waals surface area contributed by atoms with Gasteiger partial charge in [-0.3, -0.25) is 14.4 Å². The number of hydrogen-bond acceptors (Lipinski definition) is 6. The van der Waals surface area contributed by atoms with Crippen LogP contribution in [-0.2, 0) is 28.6 Å². The van der Waals surface area contributed by atoms with Crippen molar-refractivity contribution in [1.29, 1.82) is 0 Å². The van der Waals surface area contributed by atoms with Gasteiger partial charge in [0, 0.05) is 19.3 Å². The normalized spacial score (nSPS) is 12.8. The Morgan fingerprint density at radius 2 is 0.534 bits per heavy atom. The van der Waals surface area contributed by atoms with Crippen LogP contribution in [0.3, 0.4) is 0 Å². The molecule has 0 bridgehead atoms. The molecule has 6 heteroatoms. The summed E-state index contributed by atoms with van der Waals surface area (Å²) < 4.78 is 16.8. The van der Waals surface area contributed by atoms with Gasteiger partial charge in [0.25, 0.3) is 0 Å². The Bertz CT molecular complexity index is 1440. The number of allylic oxidation sites excluding steroid dienone is 16. The van der Waals surface area contributed by atoms with E-state index in [0.717, 1.165) is 116 Å². The van der Waals surface area contributed by atoms with E-state index in [1.54, 1.807) is 0 Å². The van der Waals surface area contributed by atoms with Crippen LogP contribution in [0.15, 0.2) is 97.2 Å². The van der Waals surface area contributed by atoms with Gasteiger partial charge < -0.3 is 14.2 Å². The summed E-state index contributed by atoms with van der Waals surface area (Å²) in [6, 6.07) is 0. The van der Waals surface area contributed by atoms with E-state index < -0.39 is 6.10 Å². The fraction of sp³-hybridized carbons (Fsp3) is 0.716. The van der Waals surface area contributed by atoms with Crippen LogP contribution in [0.2, 0.25) is 0 Å². The lowest BCUT2D eigenvalue weighted by Gasteiger charge is -2.18. The van der Waals surface area contributed by atoms with Crippen molar-refractivity contribution in [3.05, 3.63) is 97.2 Å². The van der Waals surface area contributed by atoms with Gasteiger partial charge in [-0.05, 0) is 96.3 Å². The molecule has 0 spiro atoms. The van der Waals surface area contributed by atoms with E-state index in [-0.39, 0.29) is 31.1 Å². The third kappa shape index (κ3) is 59.1. The van der Waals surface area contributed by atoms with Crippen molar-refractivity contribution >= 4 is 17.9 Å². The van der Waals surface area contributed by atoms with E-state index in [1.165, 1.54) is 135 Å². The molecule has 0 rings (SSSR count). The zero-order valence-electron chi connectivity index (χ0n) is 47.9. The summed E-state index contributed by atoms with van der Waals surface area (Å²) in [4.78, 5) is 38.0. The van der Waals surface area contributed by atoms with Gasteiger partial charge in [-0.2, -0.15) is 0 Å². The third-order valence-electron chi connectivity index (χ3n) is 13.1. The van der Waals surface area contributed by atoms with Crippen molar-refractivity contribution < 1.29 is 28.6 Å². The van der Waals surface area contributed by atoms with Gasteiger partial charge in [-0.15, -0.1) is 0 Å². The summed E-state index contributed by atoms with van der Waals surface area (Å²) in [5, 5.41) is 0. The number of carbonyl (C=O) groups excluding carboxylic acids is 3. The van der Waals surface area contributed by atoms with Crippen LogP contribution in [0.1, 0.15) is 290 Å².